The van der Waals surface area contributed by atoms with Crippen LogP contribution in [0.5, 0.6) is 0 Å². The van der Waals surface area contributed by atoms with E-state index < -0.39 is 0 Å². The smallest absolute Gasteiger partial charge is 0.126 e. The van der Waals surface area contributed by atoms with Crippen molar-refractivity contribution in [3.63, 3.8) is 0 Å². The van der Waals surface area contributed by atoms with E-state index in [9.17, 15) is 0 Å². The average molecular weight is 426 g/mol. The third-order valence-electron chi connectivity index (χ3n) is 5.14. The first-order valence-electron chi connectivity index (χ1n) is 8.49. The number of aromatic nitrogens is 4. The van der Waals surface area contributed by atoms with E-state index in [1.54, 1.807) is 0 Å². The lowest BCUT2D eigenvalue weighted by Gasteiger charge is -2.28. The molecule has 2 heterocycles. The Morgan fingerprint density at radius 3 is 2.35 bits per heavy atom. The van der Waals surface area contributed by atoms with Gasteiger partial charge in [-0.15, -0.1) is 0 Å². The fourth-order valence-corrected chi connectivity index (χ4v) is 4.27. The molecule has 5 heteroatoms. The quantitative estimate of drug-likeness (QED) is 0.612. The van der Waals surface area contributed by atoms with E-state index in [1.807, 2.05) is 6.20 Å². The molecule has 0 bridgehead atoms. The minimum absolute atomic E-state index is 0.461. The van der Waals surface area contributed by atoms with Crippen LogP contribution in [-0.4, -0.2) is 20.4 Å². The maximum atomic E-state index is 4.23. The minimum atomic E-state index is 0.461. The molecule has 0 atom stereocenters. The van der Waals surface area contributed by atoms with Crippen LogP contribution in [0.1, 0.15) is 63.1 Å². The number of H-pyrrole nitrogens is 2. The van der Waals surface area contributed by atoms with Crippen LogP contribution >= 0.6 is 22.6 Å². The van der Waals surface area contributed by atoms with Crippen LogP contribution < -0.4 is 0 Å². The predicted molar refractivity (Wildman–Crippen MR) is 102 cm³/mol. The number of nitrogens with one attached hydrogen (secondary N) is 2. The van der Waals surface area contributed by atoms with Gasteiger partial charge < -0.3 is 0 Å². The second kappa shape index (κ2) is 6.22. The van der Waals surface area contributed by atoms with Gasteiger partial charge in [-0.3, -0.25) is 10.2 Å². The second-order valence-corrected chi connectivity index (χ2v) is 9.55. The zero-order valence-electron chi connectivity index (χ0n) is 14.6. The Hall–Kier alpha value is -0.850. The van der Waals surface area contributed by atoms with Crippen LogP contribution in [0, 0.1) is 14.5 Å². The third kappa shape index (κ3) is 3.98. The molecular weight excluding hydrogens is 399 g/mol. The van der Waals surface area contributed by atoms with Crippen LogP contribution in [-0.2, 0) is 25.7 Å². The molecule has 0 radical (unpaired) electrons. The summed E-state index contributed by atoms with van der Waals surface area (Å²) in [5.74, 6) is 0. The molecule has 0 saturated heterocycles. The lowest BCUT2D eigenvalue weighted by molar-refractivity contribution is 0.311. The van der Waals surface area contributed by atoms with Crippen LogP contribution in [0.2, 0.25) is 0 Å². The lowest BCUT2D eigenvalue weighted by atomic mass is 9.77. The highest BCUT2D eigenvalue weighted by Gasteiger charge is 2.28. The van der Waals surface area contributed by atoms with Crippen molar-refractivity contribution in [3.8, 4) is 0 Å². The van der Waals surface area contributed by atoms with Gasteiger partial charge >= 0.3 is 0 Å². The van der Waals surface area contributed by atoms with Gasteiger partial charge in [0.05, 0.1) is 6.20 Å². The molecule has 2 N–H and O–H groups in total. The first-order valence-corrected chi connectivity index (χ1v) is 9.56. The van der Waals surface area contributed by atoms with Gasteiger partial charge in [-0.25, -0.2) is 0 Å². The van der Waals surface area contributed by atoms with E-state index in [4.69, 9.17) is 0 Å². The summed E-state index contributed by atoms with van der Waals surface area (Å²) in [5.41, 5.74) is 6.51. The van der Waals surface area contributed by atoms with Gasteiger partial charge in [0.15, 0.2) is 0 Å². The number of rotatable bonds is 0. The Labute approximate surface area is 152 Å². The minimum Gasteiger partial charge on any atom is -0.282 e. The SMILES string of the molecule is CC1(C)CCc2c(I)n[nH]c2C1.CC1(C)CCc2cn[nH]c2C1. The molecule has 2 aliphatic carbocycles. The number of halogens is 1. The van der Waals surface area contributed by atoms with Crippen molar-refractivity contribution in [2.75, 3.05) is 0 Å². The summed E-state index contributed by atoms with van der Waals surface area (Å²) in [4.78, 5) is 0. The van der Waals surface area contributed by atoms with Gasteiger partial charge in [0, 0.05) is 17.0 Å². The normalized spacial score (nSPS) is 20.9. The molecule has 2 aromatic rings. The highest BCUT2D eigenvalue weighted by atomic mass is 127. The van der Waals surface area contributed by atoms with Crippen LogP contribution in [0.4, 0.5) is 0 Å². The third-order valence-corrected chi connectivity index (χ3v) is 6.04. The van der Waals surface area contributed by atoms with Crippen LogP contribution in [0.3, 0.4) is 0 Å². The van der Waals surface area contributed by atoms with Gasteiger partial charge in [-0.1, -0.05) is 27.7 Å². The maximum Gasteiger partial charge on any atom is 0.126 e. The monoisotopic (exact) mass is 426 g/mol. The average Bonchev–Trinajstić information content (AvgIpc) is 3.04. The molecule has 23 heavy (non-hydrogen) atoms. The highest BCUT2D eigenvalue weighted by Crippen LogP contribution is 2.35. The number of hydrogen-bond donors (Lipinski definition) is 2. The fraction of sp³-hybridized carbons (Fsp3) is 0.667. The molecule has 4 rings (SSSR count). The largest absolute Gasteiger partial charge is 0.282 e. The molecule has 4 nitrogen and oxygen atoms in total. The van der Waals surface area contributed by atoms with E-state index in [0.717, 1.165) is 16.5 Å². The van der Waals surface area contributed by atoms with Gasteiger partial charge in [-0.2, -0.15) is 10.2 Å². The van der Waals surface area contributed by atoms with Crippen molar-refractivity contribution in [3.05, 3.63) is 32.4 Å². The molecule has 126 valence electrons. The predicted octanol–water partition coefficient (Wildman–Crippen LogP) is 4.45. The van der Waals surface area contributed by atoms with E-state index in [0.29, 0.717) is 10.8 Å². The van der Waals surface area contributed by atoms with Crippen molar-refractivity contribution in [2.24, 2.45) is 10.8 Å². The van der Waals surface area contributed by atoms with Crippen LogP contribution in [0.15, 0.2) is 6.20 Å². The molecule has 0 amide bonds. The summed E-state index contributed by atoms with van der Waals surface area (Å²) in [6.07, 6.45) is 9.23. The maximum absolute atomic E-state index is 4.23. The van der Waals surface area contributed by atoms with Crippen molar-refractivity contribution >= 4 is 22.6 Å². The number of aryl methyl sites for hydroxylation is 1. The first kappa shape index (κ1) is 17.0. The van der Waals surface area contributed by atoms with Gasteiger partial charge in [0.2, 0.25) is 0 Å². The molecule has 0 spiro atoms. The Morgan fingerprint density at radius 1 is 0.957 bits per heavy atom. The molecule has 0 aromatic carbocycles. The zero-order valence-corrected chi connectivity index (χ0v) is 16.7. The molecular formula is C18H27IN4. The van der Waals surface area contributed by atoms with E-state index in [-0.39, 0.29) is 0 Å². The fourth-order valence-electron chi connectivity index (χ4n) is 3.55. The molecule has 0 unspecified atom stereocenters. The molecule has 0 aliphatic heterocycles. The standard InChI is InChI=1S/C9H13IN2.C9H14N2/c1-9(2)4-3-6-7(5-9)11-12-8(6)10;1-9(2)4-3-7-6-10-11-8(7)5-9/h3-5H2,1-2H3,(H,11,12);6H,3-5H2,1-2H3,(H,10,11). The summed E-state index contributed by atoms with van der Waals surface area (Å²) in [6, 6.07) is 0. The van der Waals surface area contributed by atoms with E-state index in [2.05, 4.69) is 70.7 Å². The Balaban J connectivity index is 0.000000136. The Bertz CT molecular complexity index is 681. The molecule has 0 fully saturated rings. The van der Waals surface area contributed by atoms with Gasteiger partial charge in [0.1, 0.15) is 3.70 Å². The van der Waals surface area contributed by atoms with E-state index >= 15 is 0 Å². The van der Waals surface area contributed by atoms with Gasteiger partial charge in [0.25, 0.3) is 0 Å². The lowest BCUT2D eigenvalue weighted by Crippen LogP contribution is -2.21. The van der Waals surface area contributed by atoms with Crippen molar-refractivity contribution in [2.45, 2.75) is 66.2 Å². The van der Waals surface area contributed by atoms with Crippen LogP contribution in [0.25, 0.3) is 0 Å². The Morgan fingerprint density at radius 2 is 1.61 bits per heavy atom. The Kier molecular flexibility index (Phi) is 4.60. The summed E-state index contributed by atoms with van der Waals surface area (Å²) >= 11 is 2.31. The van der Waals surface area contributed by atoms with Gasteiger partial charge in [-0.05, 0) is 77.5 Å². The topological polar surface area (TPSA) is 57.4 Å². The molecule has 2 aromatic heterocycles. The van der Waals surface area contributed by atoms with Crippen molar-refractivity contribution < 1.29 is 0 Å². The molecule has 2 aliphatic rings. The van der Waals surface area contributed by atoms with Crippen molar-refractivity contribution in [1.29, 1.82) is 0 Å². The number of aromatic amines is 2. The zero-order chi connectivity index (χ0) is 16.7. The summed E-state index contributed by atoms with van der Waals surface area (Å²) in [5, 5.41) is 14.5. The van der Waals surface area contributed by atoms with Crippen molar-refractivity contribution in [1.82, 2.24) is 20.4 Å². The highest BCUT2D eigenvalue weighted by molar-refractivity contribution is 14.1. The molecule has 0 saturated carbocycles. The second-order valence-electron chi connectivity index (χ2n) is 8.53. The summed E-state index contributed by atoms with van der Waals surface area (Å²) in [7, 11) is 0. The number of fused-ring (bicyclic) bond motifs is 2. The number of nitrogens with zero attached hydrogens (tertiary/aromatic N) is 2. The number of hydrogen-bond acceptors (Lipinski definition) is 2. The summed E-state index contributed by atoms with van der Waals surface area (Å²) < 4.78 is 1.16. The first-order chi connectivity index (χ1) is 10.8. The van der Waals surface area contributed by atoms with E-state index in [1.165, 1.54) is 48.2 Å². The summed E-state index contributed by atoms with van der Waals surface area (Å²) in [6.45, 7) is 9.28.